The SMILES string of the molecule is CC(=O)c1cccc(Nc2ccnc(NCCC3=CCCCC3)n2)c1. The van der Waals surface area contributed by atoms with Crippen molar-refractivity contribution in [2.75, 3.05) is 17.2 Å². The Balaban J connectivity index is 1.58. The Bertz CT molecular complexity index is 770. The summed E-state index contributed by atoms with van der Waals surface area (Å²) in [6.45, 7) is 2.41. The summed E-state index contributed by atoms with van der Waals surface area (Å²) in [6, 6.07) is 9.22. The van der Waals surface area contributed by atoms with Crippen LogP contribution in [-0.4, -0.2) is 22.3 Å². The molecule has 3 rings (SSSR count). The largest absolute Gasteiger partial charge is 0.354 e. The minimum Gasteiger partial charge on any atom is -0.354 e. The van der Waals surface area contributed by atoms with Crippen LogP contribution < -0.4 is 10.6 Å². The minimum absolute atomic E-state index is 0.0470. The zero-order valence-corrected chi connectivity index (χ0v) is 14.6. The van der Waals surface area contributed by atoms with Crippen LogP contribution in [0.15, 0.2) is 48.2 Å². The van der Waals surface area contributed by atoms with Gasteiger partial charge in [-0.1, -0.05) is 23.8 Å². The summed E-state index contributed by atoms with van der Waals surface area (Å²) in [6.07, 6.45) is 10.2. The van der Waals surface area contributed by atoms with Crippen molar-refractivity contribution in [3.63, 3.8) is 0 Å². The van der Waals surface area contributed by atoms with Crippen LogP contribution in [0.2, 0.25) is 0 Å². The van der Waals surface area contributed by atoms with Gasteiger partial charge in [0, 0.05) is 24.0 Å². The molecule has 1 aromatic carbocycles. The Morgan fingerprint density at radius 1 is 1.24 bits per heavy atom. The molecule has 0 amide bonds. The van der Waals surface area contributed by atoms with E-state index in [4.69, 9.17) is 0 Å². The number of aromatic nitrogens is 2. The van der Waals surface area contributed by atoms with E-state index in [-0.39, 0.29) is 5.78 Å². The number of anilines is 3. The van der Waals surface area contributed by atoms with Crippen LogP contribution in [0.25, 0.3) is 0 Å². The Kier molecular flexibility index (Phi) is 5.77. The average Bonchev–Trinajstić information content (AvgIpc) is 2.63. The van der Waals surface area contributed by atoms with E-state index in [1.807, 2.05) is 24.3 Å². The number of nitrogens with one attached hydrogen (secondary N) is 2. The van der Waals surface area contributed by atoms with Crippen LogP contribution >= 0.6 is 0 Å². The Labute approximate surface area is 148 Å². The van der Waals surface area contributed by atoms with Crippen molar-refractivity contribution >= 4 is 23.2 Å². The highest BCUT2D eigenvalue weighted by molar-refractivity contribution is 5.95. The zero-order valence-electron chi connectivity index (χ0n) is 14.6. The van der Waals surface area contributed by atoms with E-state index in [2.05, 4.69) is 26.7 Å². The fourth-order valence-corrected chi connectivity index (χ4v) is 2.94. The maximum Gasteiger partial charge on any atom is 0.224 e. The number of rotatable bonds is 7. The van der Waals surface area contributed by atoms with Gasteiger partial charge in [0.25, 0.3) is 0 Å². The Morgan fingerprint density at radius 3 is 2.96 bits per heavy atom. The lowest BCUT2D eigenvalue weighted by Gasteiger charge is -2.13. The lowest BCUT2D eigenvalue weighted by molar-refractivity contribution is 0.101. The molecule has 5 nitrogen and oxygen atoms in total. The van der Waals surface area contributed by atoms with Gasteiger partial charge in [0.05, 0.1) is 0 Å². The predicted octanol–water partition coefficient (Wildman–Crippen LogP) is 4.73. The first-order valence-corrected chi connectivity index (χ1v) is 8.83. The van der Waals surface area contributed by atoms with E-state index >= 15 is 0 Å². The van der Waals surface area contributed by atoms with Gasteiger partial charge in [-0.25, -0.2) is 4.98 Å². The smallest absolute Gasteiger partial charge is 0.224 e. The topological polar surface area (TPSA) is 66.9 Å². The number of benzene rings is 1. The lowest BCUT2D eigenvalue weighted by Crippen LogP contribution is -2.08. The summed E-state index contributed by atoms with van der Waals surface area (Å²) in [7, 11) is 0. The van der Waals surface area contributed by atoms with E-state index in [0.29, 0.717) is 17.3 Å². The molecule has 130 valence electrons. The third-order valence-corrected chi connectivity index (χ3v) is 4.31. The molecule has 2 N–H and O–H groups in total. The molecule has 1 aliphatic rings. The summed E-state index contributed by atoms with van der Waals surface area (Å²) in [4.78, 5) is 20.2. The van der Waals surface area contributed by atoms with Gasteiger partial charge in [-0.3, -0.25) is 4.79 Å². The van der Waals surface area contributed by atoms with E-state index < -0.39 is 0 Å². The standard InChI is InChI=1S/C20H24N4O/c1-15(25)17-8-5-9-18(14-17)23-19-11-13-22-20(24-19)21-12-10-16-6-3-2-4-7-16/h5-6,8-9,11,13-14H,2-4,7,10,12H2,1H3,(H2,21,22,23,24). The molecule has 1 aliphatic carbocycles. The quantitative estimate of drug-likeness (QED) is 0.565. The van der Waals surface area contributed by atoms with Crippen molar-refractivity contribution in [3.05, 3.63) is 53.7 Å². The number of nitrogens with zero attached hydrogens (tertiary/aromatic N) is 2. The molecule has 0 atom stereocenters. The molecule has 0 unspecified atom stereocenters. The van der Waals surface area contributed by atoms with Gasteiger partial charge in [-0.2, -0.15) is 4.98 Å². The van der Waals surface area contributed by atoms with Gasteiger partial charge in [-0.05, 0) is 57.2 Å². The van der Waals surface area contributed by atoms with Gasteiger partial charge in [-0.15, -0.1) is 0 Å². The molecule has 0 bridgehead atoms. The second-order valence-corrected chi connectivity index (χ2v) is 6.31. The van der Waals surface area contributed by atoms with Gasteiger partial charge in [0.15, 0.2) is 5.78 Å². The highest BCUT2D eigenvalue weighted by Crippen LogP contribution is 2.20. The number of carbonyl (C=O) groups is 1. The van der Waals surface area contributed by atoms with Gasteiger partial charge >= 0.3 is 0 Å². The van der Waals surface area contributed by atoms with Gasteiger partial charge in [0.1, 0.15) is 5.82 Å². The molecular weight excluding hydrogens is 312 g/mol. The molecule has 0 spiro atoms. The first kappa shape index (κ1) is 17.1. The summed E-state index contributed by atoms with van der Waals surface area (Å²) >= 11 is 0. The van der Waals surface area contributed by atoms with Gasteiger partial charge < -0.3 is 10.6 Å². The summed E-state index contributed by atoms with van der Waals surface area (Å²) in [5.41, 5.74) is 3.05. The summed E-state index contributed by atoms with van der Waals surface area (Å²) < 4.78 is 0. The van der Waals surface area contributed by atoms with E-state index in [9.17, 15) is 4.79 Å². The van der Waals surface area contributed by atoms with Crippen LogP contribution in [-0.2, 0) is 0 Å². The number of hydrogen-bond acceptors (Lipinski definition) is 5. The van der Waals surface area contributed by atoms with Crippen LogP contribution in [0.4, 0.5) is 17.5 Å². The van der Waals surface area contributed by atoms with E-state index in [0.717, 1.165) is 18.7 Å². The van der Waals surface area contributed by atoms with Crippen molar-refractivity contribution in [1.82, 2.24) is 9.97 Å². The van der Waals surface area contributed by atoms with Crippen LogP contribution in [0.3, 0.4) is 0 Å². The minimum atomic E-state index is 0.0470. The van der Waals surface area contributed by atoms with Crippen molar-refractivity contribution in [2.24, 2.45) is 0 Å². The Morgan fingerprint density at radius 2 is 2.16 bits per heavy atom. The molecule has 1 heterocycles. The zero-order chi connectivity index (χ0) is 17.5. The highest BCUT2D eigenvalue weighted by Gasteiger charge is 2.05. The number of Topliss-reactive ketones (excluding diaryl/α,β-unsaturated/α-hetero) is 1. The molecule has 2 aromatic rings. The second-order valence-electron chi connectivity index (χ2n) is 6.31. The van der Waals surface area contributed by atoms with Crippen molar-refractivity contribution in [1.29, 1.82) is 0 Å². The normalized spacial score (nSPS) is 13.9. The third-order valence-electron chi connectivity index (χ3n) is 4.31. The van der Waals surface area contributed by atoms with E-state index in [1.54, 1.807) is 19.2 Å². The van der Waals surface area contributed by atoms with Crippen molar-refractivity contribution in [3.8, 4) is 0 Å². The first-order valence-electron chi connectivity index (χ1n) is 8.83. The molecule has 25 heavy (non-hydrogen) atoms. The molecule has 0 radical (unpaired) electrons. The molecule has 0 saturated carbocycles. The Hall–Kier alpha value is -2.69. The monoisotopic (exact) mass is 336 g/mol. The van der Waals surface area contributed by atoms with Crippen LogP contribution in [0.5, 0.6) is 0 Å². The number of hydrogen-bond donors (Lipinski definition) is 2. The first-order chi connectivity index (χ1) is 12.2. The second kappa shape index (κ2) is 8.42. The van der Waals surface area contributed by atoms with E-state index in [1.165, 1.54) is 31.3 Å². The van der Waals surface area contributed by atoms with Crippen LogP contribution in [0.1, 0.15) is 49.4 Å². The lowest BCUT2D eigenvalue weighted by atomic mass is 9.97. The molecule has 0 aliphatic heterocycles. The van der Waals surface area contributed by atoms with Crippen molar-refractivity contribution in [2.45, 2.75) is 39.0 Å². The fourth-order valence-electron chi connectivity index (χ4n) is 2.94. The maximum absolute atomic E-state index is 11.5. The number of allylic oxidation sites excluding steroid dienone is 1. The number of carbonyl (C=O) groups excluding carboxylic acids is 1. The van der Waals surface area contributed by atoms with Crippen molar-refractivity contribution < 1.29 is 4.79 Å². The molecule has 0 saturated heterocycles. The fraction of sp³-hybridized carbons (Fsp3) is 0.350. The molecule has 0 fully saturated rings. The number of ketones is 1. The predicted molar refractivity (Wildman–Crippen MR) is 101 cm³/mol. The summed E-state index contributed by atoms with van der Waals surface area (Å²) in [5.74, 6) is 1.37. The molecular formula is C20H24N4O. The third kappa shape index (κ3) is 5.14. The average molecular weight is 336 g/mol. The van der Waals surface area contributed by atoms with Crippen LogP contribution in [0, 0.1) is 0 Å². The molecule has 5 heteroatoms. The summed E-state index contributed by atoms with van der Waals surface area (Å²) in [5, 5.41) is 6.52. The van der Waals surface area contributed by atoms with Gasteiger partial charge in [0.2, 0.25) is 5.95 Å². The molecule has 1 aromatic heterocycles. The maximum atomic E-state index is 11.5. The highest BCUT2D eigenvalue weighted by atomic mass is 16.1.